The van der Waals surface area contributed by atoms with E-state index in [0.717, 1.165) is 17.9 Å². The molecule has 0 saturated carbocycles. The maximum absolute atomic E-state index is 16.4. The Kier molecular flexibility index (Phi) is 9.56. The molecule has 2 aromatic carbocycles. The fraction of sp³-hybridized carbons (Fsp3) is 0.355. The van der Waals surface area contributed by atoms with Crippen LogP contribution in [0.25, 0.3) is 0 Å². The third kappa shape index (κ3) is 6.51. The van der Waals surface area contributed by atoms with Gasteiger partial charge in [0.25, 0.3) is 11.8 Å². The van der Waals surface area contributed by atoms with Crippen LogP contribution >= 0.6 is 0 Å². The summed E-state index contributed by atoms with van der Waals surface area (Å²) in [6.07, 6.45) is 0.412. The van der Waals surface area contributed by atoms with Crippen LogP contribution in [0.4, 0.5) is 14.5 Å². The minimum absolute atomic E-state index is 0.0509. The normalized spacial score (nSPS) is 13.0. The Hall–Kier alpha value is -4.94. The number of ether oxygens (including phenoxy) is 3. The molecule has 1 aliphatic heterocycles. The van der Waals surface area contributed by atoms with Crippen LogP contribution in [0.5, 0.6) is 29.0 Å². The van der Waals surface area contributed by atoms with Gasteiger partial charge in [-0.05, 0) is 57.5 Å². The van der Waals surface area contributed by atoms with Gasteiger partial charge in [0.1, 0.15) is 28.6 Å². The first-order valence-electron chi connectivity index (χ1n) is 14.1. The molecule has 0 radical (unpaired) electrons. The van der Waals surface area contributed by atoms with E-state index in [1.165, 1.54) is 36.9 Å². The lowest BCUT2D eigenvalue weighted by molar-refractivity contribution is -0.148. The summed E-state index contributed by atoms with van der Waals surface area (Å²) in [5, 5.41) is 18.1. The van der Waals surface area contributed by atoms with Crippen molar-refractivity contribution in [1.82, 2.24) is 9.88 Å². The van der Waals surface area contributed by atoms with Gasteiger partial charge in [-0.3, -0.25) is 10.4 Å². The molecule has 0 unspecified atom stereocenters. The molecular formula is C31H36F2N6O5. The predicted octanol–water partition coefficient (Wildman–Crippen LogP) is 5.18. The van der Waals surface area contributed by atoms with Gasteiger partial charge in [-0.15, -0.1) is 0 Å². The zero-order valence-electron chi connectivity index (χ0n) is 25.3. The summed E-state index contributed by atoms with van der Waals surface area (Å²) in [7, 11) is 1.90. The number of anilines is 1. The average molecular weight is 611 g/mol. The maximum Gasteiger partial charge on any atom is 0.331 e. The summed E-state index contributed by atoms with van der Waals surface area (Å²) in [5.74, 6) is -4.61. The van der Waals surface area contributed by atoms with Gasteiger partial charge in [-0.25, -0.2) is 4.79 Å². The van der Waals surface area contributed by atoms with E-state index < -0.39 is 46.3 Å². The van der Waals surface area contributed by atoms with E-state index in [-0.39, 0.29) is 36.0 Å². The van der Waals surface area contributed by atoms with Gasteiger partial charge in [0.2, 0.25) is 11.6 Å². The Balaban J connectivity index is 1.88. The number of phenolic OH excluding ortho intramolecular Hbond substituents is 1. The number of nitrogens with two attached hydrogens (primary N) is 1. The molecule has 0 fully saturated rings. The minimum atomic E-state index is -1.52. The van der Waals surface area contributed by atoms with Crippen LogP contribution in [-0.2, 0) is 9.53 Å². The zero-order chi connectivity index (χ0) is 32.2. The molecule has 1 aliphatic rings. The lowest BCUT2D eigenvalue weighted by Gasteiger charge is -2.38. The molecule has 11 nitrogen and oxygen atoms in total. The van der Waals surface area contributed by atoms with Crippen molar-refractivity contribution >= 4 is 23.3 Å². The van der Waals surface area contributed by atoms with Crippen molar-refractivity contribution in [1.29, 1.82) is 5.41 Å². The number of amidine groups is 2. The molecule has 0 bridgehead atoms. The highest BCUT2D eigenvalue weighted by molar-refractivity contribution is 6.00. The highest BCUT2D eigenvalue weighted by atomic mass is 19.1. The molecule has 234 valence electrons. The van der Waals surface area contributed by atoms with Crippen molar-refractivity contribution in [2.24, 2.45) is 10.7 Å². The van der Waals surface area contributed by atoms with Gasteiger partial charge in [0.05, 0.1) is 13.2 Å². The van der Waals surface area contributed by atoms with Crippen molar-refractivity contribution in [3.8, 4) is 29.0 Å². The molecule has 4 N–H and O–H groups in total. The van der Waals surface area contributed by atoms with E-state index in [4.69, 9.17) is 25.4 Å². The first-order chi connectivity index (χ1) is 20.9. The Morgan fingerprint density at radius 1 is 1.14 bits per heavy atom. The van der Waals surface area contributed by atoms with Crippen LogP contribution in [0.2, 0.25) is 0 Å². The third-order valence-corrected chi connectivity index (χ3v) is 7.00. The molecule has 0 spiro atoms. The number of hydrogen-bond donors (Lipinski definition) is 3. The molecule has 0 amide bonds. The lowest BCUT2D eigenvalue weighted by Crippen LogP contribution is -2.52. The van der Waals surface area contributed by atoms with E-state index in [9.17, 15) is 9.90 Å². The number of aliphatic imine (C=N–C) groups is 1. The molecule has 3 aromatic rings. The smallest absolute Gasteiger partial charge is 0.331 e. The molecule has 0 atom stereocenters. The topological polar surface area (TPSA) is 147 Å². The highest BCUT2D eigenvalue weighted by Gasteiger charge is 2.41. The Morgan fingerprint density at radius 3 is 2.45 bits per heavy atom. The second-order valence-electron chi connectivity index (χ2n) is 10.6. The predicted molar refractivity (Wildman–Crippen MR) is 162 cm³/mol. The third-order valence-electron chi connectivity index (χ3n) is 7.00. The molecule has 2 heterocycles. The van der Waals surface area contributed by atoms with Crippen LogP contribution in [0, 0.1) is 17.0 Å². The fourth-order valence-electron chi connectivity index (χ4n) is 4.70. The number of aromatic nitrogens is 1. The van der Waals surface area contributed by atoms with Crippen molar-refractivity contribution in [3.05, 3.63) is 65.2 Å². The zero-order valence-corrected chi connectivity index (χ0v) is 25.3. The van der Waals surface area contributed by atoms with Crippen LogP contribution in [-0.4, -0.2) is 71.5 Å². The molecular weight excluding hydrogens is 574 g/mol. The van der Waals surface area contributed by atoms with Crippen molar-refractivity contribution in [3.63, 3.8) is 0 Å². The van der Waals surface area contributed by atoms with E-state index in [1.807, 2.05) is 18.0 Å². The number of phenols is 1. The van der Waals surface area contributed by atoms with Crippen molar-refractivity contribution in [2.45, 2.75) is 39.7 Å². The van der Waals surface area contributed by atoms with Crippen LogP contribution in [0.1, 0.15) is 45.2 Å². The Labute approximate surface area is 254 Å². The quantitative estimate of drug-likeness (QED) is 0.143. The fourth-order valence-corrected chi connectivity index (χ4v) is 4.70. The SMILES string of the molecule is CCCN(c1c(F)c(Oc2cccc(C3=NCCN3C)c2)nc(Oc2cc(C(=N)N)ccc2O)c1F)C(C)(C)C(=O)OCC. The molecule has 4 rings (SSSR count). The lowest BCUT2D eigenvalue weighted by atomic mass is 10.0. The number of rotatable bonds is 12. The summed E-state index contributed by atoms with van der Waals surface area (Å²) < 4.78 is 49.5. The molecule has 44 heavy (non-hydrogen) atoms. The number of benzene rings is 2. The van der Waals surface area contributed by atoms with Gasteiger partial charge in [-0.2, -0.15) is 13.8 Å². The second-order valence-corrected chi connectivity index (χ2v) is 10.6. The number of aromatic hydroxyl groups is 1. The Morgan fingerprint density at radius 2 is 1.84 bits per heavy atom. The molecule has 1 aromatic heterocycles. The number of hydrogen-bond acceptors (Lipinski definition) is 10. The summed E-state index contributed by atoms with van der Waals surface area (Å²) in [5.41, 5.74) is 4.33. The summed E-state index contributed by atoms with van der Waals surface area (Å²) in [6, 6.07) is 10.6. The first kappa shape index (κ1) is 32.0. The van der Waals surface area contributed by atoms with Crippen LogP contribution in [0.15, 0.2) is 47.5 Å². The van der Waals surface area contributed by atoms with Crippen molar-refractivity contribution < 1.29 is 32.9 Å². The highest BCUT2D eigenvalue weighted by Crippen LogP contribution is 2.42. The van der Waals surface area contributed by atoms with Gasteiger partial charge in [0, 0.05) is 31.3 Å². The van der Waals surface area contributed by atoms with E-state index in [0.29, 0.717) is 13.0 Å². The summed E-state index contributed by atoms with van der Waals surface area (Å²) in [6.45, 7) is 7.91. The molecule has 13 heteroatoms. The van der Waals surface area contributed by atoms with Crippen molar-refractivity contribution in [2.75, 3.05) is 38.2 Å². The number of nitrogen functional groups attached to an aromatic ring is 1. The number of nitrogens with zero attached hydrogens (tertiary/aromatic N) is 4. The first-order valence-corrected chi connectivity index (χ1v) is 14.1. The number of esters is 1. The van der Waals surface area contributed by atoms with E-state index >= 15 is 8.78 Å². The minimum Gasteiger partial charge on any atom is -0.504 e. The van der Waals surface area contributed by atoms with E-state index in [1.54, 1.807) is 32.0 Å². The summed E-state index contributed by atoms with van der Waals surface area (Å²) >= 11 is 0. The van der Waals surface area contributed by atoms with E-state index in [2.05, 4.69) is 9.98 Å². The molecule has 0 saturated heterocycles. The average Bonchev–Trinajstić information content (AvgIpc) is 3.42. The standard InChI is InChI=1S/C31H36F2N6O5/c1-6-14-39(31(3,4)30(41)42-7-2)25-23(32)28(43-20-10-8-9-19(16-20)27-36-13-15-38(27)5)37-29(24(25)33)44-22-17-18(26(34)35)11-12-21(22)40/h8-12,16-17,40H,6-7,13-15H2,1-5H3,(H3,34,35). The largest absolute Gasteiger partial charge is 0.504 e. The number of nitrogens with one attached hydrogen (secondary N) is 1. The van der Waals surface area contributed by atoms with Crippen LogP contribution in [0.3, 0.4) is 0 Å². The van der Waals surface area contributed by atoms with Gasteiger partial charge < -0.3 is 34.9 Å². The van der Waals surface area contributed by atoms with Gasteiger partial charge in [0.15, 0.2) is 11.5 Å². The number of carbonyl (C=O) groups is 1. The maximum atomic E-state index is 16.4. The Bertz CT molecular complexity index is 1600. The van der Waals surface area contributed by atoms with Crippen LogP contribution < -0.4 is 20.1 Å². The monoisotopic (exact) mass is 610 g/mol. The summed E-state index contributed by atoms with van der Waals surface area (Å²) in [4.78, 5) is 24.7. The second kappa shape index (κ2) is 13.1. The number of pyridine rings is 1. The number of likely N-dealkylation sites (N-methyl/N-ethyl adjacent to an activating group) is 1. The molecule has 0 aliphatic carbocycles. The van der Waals surface area contributed by atoms with Gasteiger partial charge in [-0.1, -0.05) is 19.1 Å². The number of halogens is 2. The number of carbonyl (C=O) groups excluding carboxylic acids is 1. The van der Waals surface area contributed by atoms with Gasteiger partial charge >= 0.3 is 5.97 Å².